The van der Waals surface area contributed by atoms with Gasteiger partial charge in [-0.2, -0.15) is 0 Å². The van der Waals surface area contributed by atoms with Crippen molar-refractivity contribution in [2.45, 2.75) is 37.5 Å². The largest absolute Gasteiger partial charge is 0.496 e. The zero-order chi connectivity index (χ0) is 23.3. The van der Waals surface area contributed by atoms with Crippen LogP contribution in [-0.2, 0) is 9.53 Å². The number of ether oxygens (including phenoxy) is 2. The second kappa shape index (κ2) is 11.2. The van der Waals surface area contributed by atoms with Gasteiger partial charge in [-0.05, 0) is 38.9 Å². The molecule has 3 rings (SSSR count). The number of hydrogen-bond donors (Lipinski definition) is 3. The van der Waals surface area contributed by atoms with E-state index >= 15 is 0 Å². The first-order valence-corrected chi connectivity index (χ1v) is 11.4. The SMILES string of the molecule is COc1cc(N)c(Cl)cc1C(=O)N[C@@H]1CCN(CC(=O)NC2CCCN(C)C2)C[C@@H]1OC. The fourth-order valence-corrected chi connectivity index (χ4v) is 4.61. The van der Waals surface area contributed by atoms with Gasteiger partial charge in [0, 0.05) is 38.9 Å². The minimum absolute atomic E-state index is 0.0314. The predicted octanol–water partition coefficient (Wildman–Crippen LogP) is 0.960. The lowest BCUT2D eigenvalue weighted by atomic mass is 10.0. The molecule has 2 heterocycles. The molecule has 4 N–H and O–H groups in total. The minimum Gasteiger partial charge on any atom is -0.496 e. The summed E-state index contributed by atoms with van der Waals surface area (Å²) < 4.78 is 10.9. The van der Waals surface area contributed by atoms with Gasteiger partial charge in [-0.15, -0.1) is 0 Å². The quantitative estimate of drug-likeness (QED) is 0.512. The number of likely N-dealkylation sites (N-methyl/N-ethyl adjacent to an activating group) is 1. The van der Waals surface area contributed by atoms with E-state index in [2.05, 4.69) is 27.5 Å². The van der Waals surface area contributed by atoms with Crippen LogP contribution in [0.25, 0.3) is 0 Å². The highest BCUT2D eigenvalue weighted by atomic mass is 35.5. The van der Waals surface area contributed by atoms with Gasteiger partial charge in [0.05, 0.1) is 42.1 Å². The molecule has 178 valence electrons. The summed E-state index contributed by atoms with van der Waals surface area (Å²) in [6, 6.07) is 3.06. The van der Waals surface area contributed by atoms with Gasteiger partial charge in [0.2, 0.25) is 5.91 Å². The highest BCUT2D eigenvalue weighted by molar-refractivity contribution is 6.33. The van der Waals surface area contributed by atoms with Gasteiger partial charge >= 0.3 is 0 Å². The van der Waals surface area contributed by atoms with Crippen LogP contribution in [0.15, 0.2) is 12.1 Å². The number of rotatable bonds is 7. The maximum Gasteiger partial charge on any atom is 0.255 e. The van der Waals surface area contributed by atoms with Gasteiger partial charge in [-0.1, -0.05) is 11.6 Å². The molecular weight excluding hydrogens is 434 g/mol. The molecule has 3 atom stereocenters. The first-order chi connectivity index (χ1) is 15.3. The molecule has 0 spiro atoms. The summed E-state index contributed by atoms with van der Waals surface area (Å²) in [6.07, 6.45) is 2.54. The van der Waals surface area contributed by atoms with Crippen molar-refractivity contribution in [3.63, 3.8) is 0 Å². The van der Waals surface area contributed by atoms with Crippen LogP contribution in [0.4, 0.5) is 5.69 Å². The highest BCUT2D eigenvalue weighted by Crippen LogP contribution is 2.29. The standard InChI is InChI=1S/C22H34ClN5O4/c1-27-7-4-5-14(11-27)25-21(29)13-28-8-6-18(20(12-28)32-3)26-22(30)15-9-16(23)17(24)10-19(15)31-2/h9-10,14,18,20H,4-8,11-13,24H2,1-3H3,(H,25,29)(H,26,30)/t14?,18-,20+/m1/s1. The summed E-state index contributed by atoms with van der Waals surface area (Å²) >= 11 is 6.10. The molecule has 32 heavy (non-hydrogen) atoms. The Morgan fingerprint density at radius 3 is 2.66 bits per heavy atom. The van der Waals surface area contributed by atoms with Crippen molar-refractivity contribution in [3.8, 4) is 5.75 Å². The van der Waals surface area contributed by atoms with Crippen molar-refractivity contribution >= 4 is 29.1 Å². The monoisotopic (exact) mass is 467 g/mol. The minimum atomic E-state index is -0.302. The number of hydrogen-bond acceptors (Lipinski definition) is 7. The van der Waals surface area contributed by atoms with Crippen LogP contribution in [0.5, 0.6) is 5.75 Å². The number of carbonyl (C=O) groups excluding carboxylic acids is 2. The molecule has 2 aliphatic rings. The molecule has 2 saturated heterocycles. The fourth-order valence-electron chi connectivity index (χ4n) is 4.45. The molecule has 0 saturated carbocycles. The van der Waals surface area contributed by atoms with E-state index in [1.165, 1.54) is 19.2 Å². The van der Waals surface area contributed by atoms with Crippen molar-refractivity contribution < 1.29 is 19.1 Å². The molecule has 0 bridgehead atoms. The topological polar surface area (TPSA) is 109 Å². The van der Waals surface area contributed by atoms with E-state index in [1.54, 1.807) is 7.11 Å². The Morgan fingerprint density at radius 2 is 1.97 bits per heavy atom. The van der Waals surface area contributed by atoms with Gasteiger partial charge in [0.15, 0.2) is 0 Å². The summed E-state index contributed by atoms with van der Waals surface area (Å²) in [5, 5.41) is 6.47. The summed E-state index contributed by atoms with van der Waals surface area (Å²) in [6.45, 7) is 3.53. The van der Waals surface area contributed by atoms with E-state index in [-0.39, 0.29) is 30.0 Å². The normalized spacial score (nSPS) is 24.7. The Labute approximate surface area is 194 Å². The number of nitrogen functional groups attached to an aromatic ring is 1. The number of nitrogens with zero attached hydrogens (tertiary/aromatic N) is 2. The van der Waals surface area contributed by atoms with Gasteiger partial charge in [0.25, 0.3) is 5.91 Å². The molecule has 1 unspecified atom stereocenters. The molecule has 2 fully saturated rings. The van der Waals surface area contributed by atoms with Crippen molar-refractivity contribution in [1.82, 2.24) is 20.4 Å². The Bertz CT molecular complexity index is 824. The average Bonchev–Trinajstić information content (AvgIpc) is 2.76. The maximum absolute atomic E-state index is 12.9. The van der Waals surface area contributed by atoms with Crippen LogP contribution in [0.3, 0.4) is 0 Å². The summed E-state index contributed by atoms with van der Waals surface area (Å²) in [7, 11) is 5.17. The molecule has 1 aromatic rings. The van der Waals surface area contributed by atoms with E-state index in [9.17, 15) is 9.59 Å². The second-order valence-electron chi connectivity index (χ2n) is 8.62. The number of benzene rings is 1. The smallest absolute Gasteiger partial charge is 0.255 e. The van der Waals surface area contributed by atoms with Crippen LogP contribution in [0.1, 0.15) is 29.6 Å². The van der Waals surface area contributed by atoms with E-state index < -0.39 is 0 Å². The van der Waals surface area contributed by atoms with Crippen LogP contribution < -0.4 is 21.1 Å². The maximum atomic E-state index is 12.9. The molecule has 2 amide bonds. The first kappa shape index (κ1) is 24.6. The van der Waals surface area contributed by atoms with Gasteiger partial charge in [-0.25, -0.2) is 0 Å². The Kier molecular flexibility index (Phi) is 8.58. The third kappa shape index (κ3) is 6.25. The molecule has 1 aromatic carbocycles. The summed E-state index contributed by atoms with van der Waals surface area (Å²) in [4.78, 5) is 29.7. The second-order valence-corrected chi connectivity index (χ2v) is 9.03. The lowest BCUT2D eigenvalue weighted by Gasteiger charge is -2.38. The highest BCUT2D eigenvalue weighted by Gasteiger charge is 2.32. The molecular formula is C22H34ClN5O4. The molecule has 2 aliphatic heterocycles. The Morgan fingerprint density at radius 1 is 1.19 bits per heavy atom. The van der Waals surface area contributed by atoms with Gasteiger partial charge in [-0.3, -0.25) is 14.5 Å². The number of likely N-dealkylation sites (tertiary alicyclic amines) is 2. The lowest BCUT2D eigenvalue weighted by molar-refractivity contribution is -0.124. The number of anilines is 1. The van der Waals surface area contributed by atoms with Crippen LogP contribution >= 0.6 is 11.6 Å². The van der Waals surface area contributed by atoms with Crippen LogP contribution in [-0.4, -0.2) is 93.8 Å². The summed E-state index contributed by atoms with van der Waals surface area (Å²) in [5.74, 6) is 0.0909. The predicted molar refractivity (Wildman–Crippen MR) is 124 cm³/mol. The zero-order valence-corrected chi connectivity index (χ0v) is 19.8. The van der Waals surface area contributed by atoms with Crippen LogP contribution in [0.2, 0.25) is 5.02 Å². The molecule has 0 aromatic heterocycles. The van der Waals surface area contributed by atoms with E-state index in [1.807, 2.05) is 0 Å². The number of amides is 2. The number of piperidine rings is 2. The zero-order valence-electron chi connectivity index (χ0n) is 19.0. The van der Waals surface area contributed by atoms with Gasteiger partial charge in [0.1, 0.15) is 5.75 Å². The Balaban J connectivity index is 1.55. The van der Waals surface area contributed by atoms with E-state index in [0.29, 0.717) is 48.1 Å². The van der Waals surface area contributed by atoms with E-state index in [0.717, 1.165) is 25.9 Å². The van der Waals surface area contributed by atoms with Crippen molar-refractivity contribution in [2.24, 2.45) is 0 Å². The third-order valence-corrected chi connectivity index (χ3v) is 6.51. The number of carbonyl (C=O) groups is 2. The van der Waals surface area contributed by atoms with E-state index in [4.69, 9.17) is 26.8 Å². The number of nitrogens with one attached hydrogen (secondary N) is 2. The number of nitrogens with two attached hydrogens (primary N) is 1. The Hall–Kier alpha value is -2.07. The van der Waals surface area contributed by atoms with Gasteiger partial charge < -0.3 is 30.7 Å². The third-order valence-electron chi connectivity index (χ3n) is 6.18. The number of halogens is 1. The molecule has 0 radical (unpaired) electrons. The van der Waals surface area contributed by atoms with Crippen molar-refractivity contribution in [3.05, 3.63) is 22.7 Å². The fraction of sp³-hybridized carbons (Fsp3) is 0.636. The van der Waals surface area contributed by atoms with Crippen molar-refractivity contribution in [2.75, 3.05) is 59.7 Å². The van der Waals surface area contributed by atoms with Crippen molar-refractivity contribution in [1.29, 1.82) is 0 Å². The molecule has 0 aliphatic carbocycles. The lowest BCUT2D eigenvalue weighted by Crippen LogP contribution is -2.57. The molecule has 10 heteroatoms. The van der Waals surface area contributed by atoms with Crippen LogP contribution in [0, 0.1) is 0 Å². The first-order valence-electron chi connectivity index (χ1n) is 11.0. The molecule has 9 nitrogen and oxygen atoms in total. The number of methoxy groups -OCH3 is 2. The average molecular weight is 468 g/mol. The summed E-state index contributed by atoms with van der Waals surface area (Å²) in [5.41, 5.74) is 6.48.